The van der Waals surface area contributed by atoms with Crippen LogP contribution in [-0.4, -0.2) is 49.7 Å². The molecule has 31 heavy (non-hydrogen) atoms. The first kappa shape index (κ1) is 23.9. The predicted octanol–water partition coefficient (Wildman–Crippen LogP) is 3.62. The average Bonchev–Trinajstić information content (AvgIpc) is 3.23. The van der Waals surface area contributed by atoms with Crippen molar-refractivity contribution in [1.82, 2.24) is 14.5 Å². The van der Waals surface area contributed by atoms with Gasteiger partial charge in [0.05, 0.1) is 5.92 Å². The van der Waals surface area contributed by atoms with Gasteiger partial charge in [-0.3, -0.25) is 9.69 Å². The second kappa shape index (κ2) is 10.7. The third-order valence-corrected chi connectivity index (χ3v) is 9.16. The maximum absolute atomic E-state index is 12.9. The number of carbonyl (C=O) groups excluding carboxylic acids is 1. The first-order chi connectivity index (χ1) is 14.8. The monoisotopic (exact) mass is 463 g/mol. The lowest BCUT2D eigenvalue weighted by Crippen LogP contribution is -2.45. The van der Waals surface area contributed by atoms with Crippen LogP contribution in [0.5, 0.6) is 0 Å². The van der Waals surface area contributed by atoms with Crippen molar-refractivity contribution < 1.29 is 13.2 Å². The lowest BCUT2D eigenvalue weighted by molar-refractivity contribution is -0.126. The number of piperidine rings is 1. The van der Waals surface area contributed by atoms with Crippen LogP contribution in [0.25, 0.3) is 0 Å². The van der Waals surface area contributed by atoms with E-state index in [0.717, 1.165) is 30.1 Å². The highest BCUT2D eigenvalue weighted by Crippen LogP contribution is 2.28. The highest BCUT2D eigenvalue weighted by atomic mass is 32.2. The van der Waals surface area contributed by atoms with Crippen LogP contribution >= 0.6 is 11.3 Å². The van der Waals surface area contributed by atoms with E-state index in [9.17, 15) is 13.2 Å². The van der Waals surface area contributed by atoms with Gasteiger partial charge in [0.15, 0.2) is 0 Å². The summed E-state index contributed by atoms with van der Waals surface area (Å²) in [6, 6.07) is 11.8. The first-order valence-corrected chi connectivity index (χ1v) is 13.2. The van der Waals surface area contributed by atoms with Crippen molar-refractivity contribution in [2.24, 2.45) is 5.92 Å². The fourth-order valence-corrected chi connectivity index (χ4v) is 6.89. The molecule has 3 rings (SSSR count). The Hall–Kier alpha value is -1.74. The second-order valence-electron chi connectivity index (χ2n) is 8.07. The Morgan fingerprint density at radius 2 is 1.94 bits per heavy atom. The van der Waals surface area contributed by atoms with Gasteiger partial charge in [-0.2, -0.15) is 4.31 Å². The van der Waals surface area contributed by atoms with Gasteiger partial charge in [0.2, 0.25) is 5.91 Å². The Labute approximate surface area is 190 Å². The molecule has 0 bridgehead atoms. The number of thiophene rings is 1. The molecule has 1 atom stereocenters. The highest BCUT2D eigenvalue weighted by Gasteiger charge is 2.33. The van der Waals surface area contributed by atoms with Crippen LogP contribution in [-0.2, 0) is 27.9 Å². The maximum Gasteiger partial charge on any atom is 0.252 e. The van der Waals surface area contributed by atoms with Gasteiger partial charge in [-0.05, 0) is 56.1 Å². The zero-order valence-electron chi connectivity index (χ0n) is 18.6. The van der Waals surface area contributed by atoms with Crippen molar-refractivity contribution in [3.63, 3.8) is 0 Å². The van der Waals surface area contributed by atoms with Crippen molar-refractivity contribution >= 4 is 27.3 Å². The van der Waals surface area contributed by atoms with E-state index in [2.05, 4.69) is 36.2 Å². The maximum atomic E-state index is 12.9. The normalized spacial score (nSPS) is 17.7. The minimum Gasteiger partial charge on any atom is -0.352 e. The zero-order chi connectivity index (χ0) is 22.4. The summed E-state index contributed by atoms with van der Waals surface area (Å²) >= 11 is 1.28. The molecular formula is C23H33N3O3S2. The topological polar surface area (TPSA) is 69.7 Å². The molecule has 2 aromatic rings. The molecule has 1 unspecified atom stereocenters. The minimum absolute atomic E-state index is 0.0728. The third kappa shape index (κ3) is 6.16. The number of hydrogen-bond donors (Lipinski definition) is 1. The van der Waals surface area contributed by atoms with Gasteiger partial charge >= 0.3 is 0 Å². The molecule has 0 saturated carbocycles. The van der Waals surface area contributed by atoms with Gasteiger partial charge < -0.3 is 5.32 Å². The molecule has 1 fully saturated rings. The summed E-state index contributed by atoms with van der Waals surface area (Å²) in [6.45, 7) is 10.3. The molecule has 0 spiro atoms. The Bertz CT molecular complexity index is 983. The molecule has 1 aromatic heterocycles. The molecule has 2 heterocycles. The van der Waals surface area contributed by atoms with E-state index in [-0.39, 0.29) is 18.4 Å². The number of carbonyl (C=O) groups is 1. The summed E-state index contributed by atoms with van der Waals surface area (Å²) in [4.78, 5) is 16.1. The molecule has 0 aliphatic carbocycles. The molecule has 0 radical (unpaired) electrons. The van der Waals surface area contributed by atoms with E-state index in [1.807, 2.05) is 25.1 Å². The fourth-order valence-electron chi connectivity index (χ4n) is 3.93. The number of nitrogens with one attached hydrogen (secondary N) is 1. The molecule has 6 nitrogen and oxygen atoms in total. The molecule has 1 amide bonds. The number of benzene rings is 1. The fraction of sp³-hybridized carbons (Fsp3) is 0.522. The van der Waals surface area contributed by atoms with Crippen molar-refractivity contribution in [1.29, 1.82) is 0 Å². The van der Waals surface area contributed by atoms with E-state index in [1.165, 1.54) is 21.2 Å². The lowest BCUT2D eigenvalue weighted by Gasteiger charge is -2.30. The van der Waals surface area contributed by atoms with E-state index < -0.39 is 10.0 Å². The summed E-state index contributed by atoms with van der Waals surface area (Å²) in [5, 5.41) is 3.02. The van der Waals surface area contributed by atoms with Crippen LogP contribution in [0.1, 0.15) is 42.7 Å². The molecule has 1 aliphatic rings. The first-order valence-electron chi connectivity index (χ1n) is 11.0. The van der Waals surface area contributed by atoms with Crippen molar-refractivity contribution in [2.75, 3.05) is 26.2 Å². The average molecular weight is 464 g/mol. The second-order valence-corrected chi connectivity index (χ2v) is 11.5. The van der Waals surface area contributed by atoms with Crippen molar-refractivity contribution in [2.45, 2.75) is 50.9 Å². The highest BCUT2D eigenvalue weighted by molar-refractivity contribution is 7.91. The standard InChI is InChI=1S/C23H33N3O3S2/c1-4-25(5-2)16-20-9-6-8-19(14-20)15-24-23(27)21-10-7-13-26(17-21)31(28,29)22-12-11-18(3)30-22/h6,8-9,11-12,14,21H,4-5,7,10,13,15-17H2,1-3H3,(H,24,27). The molecule has 1 saturated heterocycles. The zero-order valence-corrected chi connectivity index (χ0v) is 20.3. The Morgan fingerprint density at radius 1 is 1.19 bits per heavy atom. The summed E-state index contributed by atoms with van der Waals surface area (Å²) < 4.78 is 27.7. The molecule has 170 valence electrons. The molecule has 8 heteroatoms. The van der Waals surface area contributed by atoms with Crippen LogP contribution in [0.4, 0.5) is 0 Å². The van der Waals surface area contributed by atoms with Gasteiger partial charge in [0.1, 0.15) is 4.21 Å². The number of hydrogen-bond acceptors (Lipinski definition) is 5. The molecule has 1 aromatic carbocycles. The van der Waals surface area contributed by atoms with Gasteiger partial charge in [-0.1, -0.05) is 38.1 Å². The van der Waals surface area contributed by atoms with E-state index in [0.29, 0.717) is 30.1 Å². The molecular weight excluding hydrogens is 430 g/mol. The summed E-state index contributed by atoms with van der Waals surface area (Å²) in [5.41, 5.74) is 2.30. The van der Waals surface area contributed by atoms with Crippen LogP contribution in [0, 0.1) is 12.8 Å². The number of amides is 1. The van der Waals surface area contributed by atoms with Gasteiger partial charge in [0, 0.05) is 31.1 Å². The molecule has 1 N–H and O–H groups in total. The number of rotatable bonds is 9. The van der Waals surface area contributed by atoms with Gasteiger partial charge in [-0.25, -0.2) is 8.42 Å². The van der Waals surface area contributed by atoms with Gasteiger partial charge in [-0.15, -0.1) is 11.3 Å². The Balaban J connectivity index is 1.58. The summed E-state index contributed by atoms with van der Waals surface area (Å²) in [5.74, 6) is -0.389. The quantitative estimate of drug-likeness (QED) is 0.617. The van der Waals surface area contributed by atoms with Gasteiger partial charge in [0.25, 0.3) is 10.0 Å². The largest absolute Gasteiger partial charge is 0.352 e. The van der Waals surface area contributed by atoms with Crippen LogP contribution in [0.2, 0.25) is 0 Å². The molecule has 1 aliphatic heterocycles. The van der Waals surface area contributed by atoms with E-state index in [4.69, 9.17) is 0 Å². The van der Waals surface area contributed by atoms with E-state index in [1.54, 1.807) is 6.07 Å². The number of sulfonamides is 1. The predicted molar refractivity (Wildman–Crippen MR) is 125 cm³/mol. The van der Waals surface area contributed by atoms with Crippen molar-refractivity contribution in [3.05, 3.63) is 52.4 Å². The summed E-state index contributed by atoms with van der Waals surface area (Å²) in [7, 11) is -3.53. The van der Waals surface area contributed by atoms with Crippen molar-refractivity contribution in [3.8, 4) is 0 Å². The number of nitrogens with zero attached hydrogens (tertiary/aromatic N) is 2. The Kier molecular flexibility index (Phi) is 8.27. The van der Waals surface area contributed by atoms with Crippen LogP contribution in [0.15, 0.2) is 40.6 Å². The van der Waals surface area contributed by atoms with Crippen LogP contribution < -0.4 is 5.32 Å². The SMILES string of the molecule is CCN(CC)Cc1cccc(CNC(=O)C2CCCN(S(=O)(=O)c3ccc(C)s3)C2)c1. The summed E-state index contributed by atoms with van der Waals surface area (Å²) in [6.07, 6.45) is 1.41. The van der Waals surface area contributed by atoms with Crippen LogP contribution in [0.3, 0.4) is 0 Å². The number of aryl methyl sites for hydroxylation is 1. The third-order valence-electron chi connectivity index (χ3n) is 5.82. The smallest absolute Gasteiger partial charge is 0.252 e. The Morgan fingerprint density at radius 3 is 2.61 bits per heavy atom. The lowest BCUT2D eigenvalue weighted by atomic mass is 9.98. The van der Waals surface area contributed by atoms with E-state index >= 15 is 0 Å². The minimum atomic E-state index is -3.53.